The molecule has 1 aliphatic rings. The molecular weight excluding hydrogens is 452 g/mol. The van der Waals surface area contributed by atoms with Gasteiger partial charge in [-0.05, 0) is 18.2 Å². The molecule has 0 bridgehead atoms. The number of aryl methyl sites for hydroxylation is 1. The maximum atomic E-state index is 13.1. The van der Waals surface area contributed by atoms with E-state index in [0.717, 1.165) is 36.9 Å². The van der Waals surface area contributed by atoms with Gasteiger partial charge in [0.2, 0.25) is 0 Å². The van der Waals surface area contributed by atoms with Gasteiger partial charge in [-0.25, -0.2) is 4.79 Å². The van der Waals surface area contributed by atoms with Crippen molar-refractivity contribution in [1.29, 1.82) is 0 Å². The summed E-state index contributed by atoms with van der Waals surface area (Å²) in [7, 11) is 1.32. The number of anilines is 1. The Morgan fingerprint density at radius 3 is 2.56 bits per heavy atom. The normalized spacial score (nSPS) is 14.8. The maximum absolute atomic E-state index is 13.1. The van der Waals surface area contributed by atoms with Gasteiger partial charge in [0.15, 0.2) is 0 Å². The molecule has 0 N–H and O–H groups in total. The van der Waals surface area contributed by atoms with Crippen molar-refractivity contribution in [2.75, 3.05) is 44.7 Å². The first-order valence-corrected chi connectivity index (χ1v) is 11.8. The second-order valence-corrected chi connectivity index (χ2v) is 8.88. The van der Waals surface area contributed by atoms with Crippen LogP contribution in [0.3, 0.4) is 0 Å². The van der Waals surface area contributed by atoms with Crippen molar-refractivity contribution in [3.05, 3.63) is 60.9 Å². The van der Waals surface area contributed by atoms with Crippen molar-refractivity contribution < 1.29 is 9.53 Å². The Morgan fingerprint density at radius 1 is 1.06 bits per heavy atom. The highest BCUT2D eigenvalue weighted by atomic mass is 35.5. The van der Waals surface area contributed by atoms with Gasteiger partial charge in [-0.15, -0.1) is 11.3 Å². The number of carbonyl (C=O) groups is 1. The zero-order valence-corrected chi connectivity index (χ0v) is 19.4. The molecule has 0 spiro atoms. The molecule has 8 nitrogen and oxygen atoms in total. The Labute approximate surface area is 194 Å². The van der Waals surface area contributed by atoms with Crippen LogP contribution in [0.2, 0.25) is 5.02 Å². The van der Waals surface area contributed by atoms with Crippen LogP contribution in [-0.4, -0.2) is 59.8 Å². The molecule has 1 fully saturated rings. The molecule has 2 aromatic heterocycles. The fraction of sp³-hybridized carbons (Fsp3) is 0.409. The molecule has 1 aliphatic heterocycles. The second kappa shape index (κ2) is 9.89. The number of methoxy groups -OCH3 is 1. The van der Waals surface area contributed by atoms with Crippen LogP contribution < -0.4 is 16.1 Å². The summed E-state index contributed by atoms with van der Waals surface area (Å²) < 4.78 is 7.48. The molecule has 4 rings (SSSR count). The van der Waals surface area contributed by atoms with E-state index >= 15 is 0 Å². The van der Waals surface area contributed by atoms with Gasteiger partial charge in [0.1, 0.15) is 0 Å². The van der Waals surface area contributed by atoms with Crippen molar-refractivity contribution in [2.24, 2.45) is 0 Å². The van der Waals surface area contributed by atoms with Gasteiger partial charge in [-0.3, -0.25) is 23.6 Å². The van der Waals surface area contributed by atoms with E-state index in [9.17, 15) is 14.4 Å². The monoisotopic (exact) mass is 476 g/mol. The molecule has 1 aromatic carbocycles. The number of carbonyl (C=O) groups excluding carboxylic acids is 1. The smallest absolute Gasteiger partial charge is 0.331 e. The van der Waals surface area contributed by atoms with Crippen LogP contribution >= 0.6 is 22.9 Å². The minimum atomic E-state index is -0.393. The summed E-state index contributed by atoms with van der Waals surface area (Å²) in [6.45, 7) is 4.45. The third-order valence-corrected chi connectivity index (χ3v) is 6.79. The van der Waals surface area contributed by atoms with Crippen LogP contribution in [0.4, 0.5) is 5.69 Å². The number of hydrogen-bond acceptors (Lipinski definition) is 7. The Morgan fingerprint density at radius 2 is 1.84 bits per heavy atom. The molecule has 1 saturated heterocycles. The number of hydrogen-bond donors (Lipinski definition) is 0. The molecule has 0 amide bonds. The summed E-state index contributed by atoms with van der Waals surface area (Å²) in [5, 5.41) is 4.75. The summed E-state index contributed by atoms with van der Waals surface area (Å²) in [6.07, 6.45) is 0.0744. The first kappa shape index (κ1) is 22.6. The Kier molecular flexibility index (Phi) is 6.98. The third kappa shape index (κ3) is 4.74. The van der Waals surface area contributed by atoms with Gasteiger partial charge >= 0.3 is 11.7 Å². The lowest BCUT2D eigenvalue weighted by Crippen LogP contribution is -2.49. The minimum Gasteiger partial charge on any atom is -0.469 e. The standard InChI is InChI=1S/C22H25ClN4O4S/c1-31-20(28)5-6-26-19-15-32-14-18(19)21(29)27(22(26)30)12-9-24-7-10-25(11-8-24)17-4-2-3-16(23)13-17/h2-4,13-15H,5-12H2,1H3. The zero-order chi connectivity index (χ0) is 22.7. The molecule has 32 heavy (non-hydrogen) atoms. The number of halogens is 1. The third-order valence-electron chi connectivity index (χ3n) is 5.82. The lowest BCUT2D eigenvalue weighted by atomic mass is 10.2. The van der Waals surface area contributed by atoms with E-state index in [1.807, 2.05) is 24.3 Å². The highest BCUT2D eigenvalue weighted by Gasteiger charge is 2.19. The molecule has 10 heteroatoms. The highest BCUT2D eigenvalue weighted by Crippen LogP contribution is 2.20. The number of piperazine rings is 1. The van der Waals surface area contributed by atoms with Gasteiger partial charge in [0, 0.05) is 67.3 Å². The number of ether oxygens (including phenoxy) is 1. The van der Waals surface area contributed by atoms with E-state index in [1.54, 1.807) is 10.8 Å². The number of thiophene rings is 1. The number of esters is 1. The quantitative estimate of drug-likeness (QED) is 0.487. The van der Waals surface area contributed by atoms with E-state index in [1.165, 1.54) is 27.6 Å². The Bertz CT molecular complexity index is 1230. The van der Waals surface area contributed by atoms with Crippen molar-refractivity contribution in [2.45, 2.75) is 19.5 Å². The predicted octanol–water partition coefficient (Wildman–Crippen LogP) is 2.26. The number of nitrogens with zero attached hydrogens (tertiary/aromatic N) is 4. The molecule has 3 aromatic rings. The van der Waals surface area contributed by atoms with Crippen LogP contribution in [-0.2, 0) is 22.6 Å². The van der Waals surface area contributed by atoms with E-state index in [4.69, 9.17) is 16.3 Å². The van der Waals surface area contributed by atoms with E-state index in [2.05, 4.69) is 9.80 Å². The lowest BCUT2D eigenvalue weighted by molar-refractivity contribution is -0.140. The van der Waals surface area contributed by atoms with Crippen LogP contribution in [0.5, 0.6) is 0 Å². The first-order valence-electron chi connectivity index (χ1n) is 10.5. The number of fused-ring (bicyclic) bond motifs is 1. The van der Waals surface area contributed by atoms with Gasteiger partial charge < -0.3 is 9.64 Å². The largest absolute Gasteiger partial charge is 0.469 e. The van der Waals surface area contributed by atoms with Crippen LogP contribution in [0.1, 0.15) is 6.42 Å². The lowest BCUT2D eigenvalue weighted by Gasteiger charge is -2.36. The fourth-order valence-electron chi connectivity index (χ4n) is 4.00. The average Bonchev–Trinajstić information content (AvgIpc) is 3.29. The first-order chi connectivity index (χ1) is 15.5. The number of benzene rings is 1. The Balaban J connectivity index is 1.46. The molecule has 0 aliphatic carbocycles. The number of aromatic nitrogens is 2. The summed E-state index contributed by atoms with van der Waals surface area (Å²) in [5.41, 5.74) is 1.01. The maximum Gasteiger partial charge on any atom is 0.331 e. The highest BCUT2D eigenvalue weighted by molar-refractivity contribution is 7.09. The van der Waals surface area contributed by atoms with Crippen LogP contribution in [0, 0.1) is 0 Å². The van der Waals surface area contributed by atoms with Gasteiger partial charge in [0.25, 0.3) is 5.56 Å². The summed E-state index contributed by atoms with van der Waals surface area (Å²) in [5.74, 6) is -0.393. The predicted molar refractivity (Wildman–Crippen MR) is 127 cm³/mol. The minimum absolute atomic E-state index is 0.0744. The van der Waals surface area contributed by atoms with Gasteiger partial charge in [-0.1, -0.05) is 17.7 Å². The summed E-state index contributed by atoms with van der Waals surface area (Å²) in [4.78, 5) is 42.1. The Hall–Kier alpha value is -2.62. The molecular formula is C22H25ClN4O4S. The average molecular weight is 477 g/mol. The van der Waals surface area contributed by atoms with E-state index < -0.39 is 5.97 Å². The topological polar surface area (TPSA) is 76.8 Å². The van der Waals surface area contributed by atoms with Crippen LogP contribution in [0.15, 0.2) is 44.6 Å². The van der Waals surface area contributed by atoms with Crippen molar-refractivity contribution in [3.8, 4) is 0 Å². The summed E-state index contributed by atoms with van der Waals surface area (Å²) >= 11 is 7.48. The van der Waals surface area contributed by atoms with Crippen LogP contribution in [0.25, 0.3) is 10.9 Å². The zero-order valence-electron chi connectivity index (χ0n) is 17.8. The van der Waals surface area contributed by atoms with Crippen molar-refractivity contribution in [1.82, 2.24) is 14.0 Å². The van der Waals surface area contributed by atoms with E-state index in [-0.39, 0.29) is 24.2 Å². The molecule has 0 radical (unpaired) electrons. The number of rotatable bonds is 7. The fourth-order valence-corrected chi connectivity index (χ4v) is 5.00. The second-order valence-electron chi connectivity index (χ2n) is 7.70. The van der Waals surface area contributed by atoms with Gasteiger partial charge in [-0.2, -0.15) is 0 Å². The summed E-state index contributed by atoms with van der Waals surface area (Å²) in [6, 6.07) is 7.82. The molecule has 0 atom stereocenters. The van der Waals surface area contributed by atoms with Crippen molar-refractivity contribution >= 4 is 45.5 Å². The van der Waals surface area contributed by atoms with Gasteiger partial charge in [0.05, 0.1) is 24.4 Å². The van der Waals surface area contributed by atoms with E-state index in [0.29, 0.717) is 24.0 Å². The van der Waals surface area contributed by atoms with Crippen molar-refractivity contribution in [3.63, 3.8) is 0 Å². The molecule has 0 saturated carbocycles. The molecule has 0 unspecified atom stereocenters. The molecule has 3 heterocycles. The SMILES string of the molecule is COC(=O)CCn1c(=O)n(CCN2CCN(c3cccc(Cl)c3)CC2)c(=O)c2cscc21. The molecule has 170 valence electrons.